The summed E-state index contributed by atoms with van der Waals surface area (Å²) in [6.07, 6.45) is 0. The van der Waals surface area contributed by atoms with Crippen molar-refractivity contribution in [3.63, 3.8) is 0 Å². The lowest BCUT2D eigenvalue weighted by atomic mass is 10.0. The first-order chi connectivity index (χ1) is 17.2. The van der Waals surface area contributed by atoms with Gasteiger partial charge in [0, 0.05) is 23.2 Å². The molecule has 1 aliphatic heterocycles. The predicted octanol–water partition coefficient (Wildman–Crippen LogP) is 4.98. The minimum Gasteiger partial charge on any atom is -0.491 e. The number of amides is 1. The Morgan fingerprint density at radius 1 is 1.06 bits per heavy atom. The van der Waals surface area contributed by atoms with Gasteiger partial charge in [-0.05, 0) is 87.4 Å². The fraction of sp³-hybridized carbons (Fsp3) is 0.286. The molecular weight excluding hydrogens is 472 g/mol. The normalized spacial score (nSPS) is 14.7. The molecular formula is C28H30N4O3S. The average molecular weight is 503 g/mol. The van der Waals surface area contributed by atoms with Crippen molar-refractivity contribution in [2.45, 2.75) is 44.7 Å². The van der Waals surface area contributed by atoms with Gasteiger partial charge in [-0.2, -0.15) is 0 Å². The Labute approximate surface area is 213 Å². The van der Waals surface area contributed by atoms with E-state index in [9.17, 15) is 9.00 Å². The summed E-state index contributed by atoms with van der Waals surface area (Å²) in [5.41, 5.74) is 5.31. The van der Waals surface area contributed by atoms with Gasteiger partial charge in [0.25, 0.3) is 5.91 Å². The lowest BCUT2D eigenvalue weighted by Gasteiger charge is -2.21. The van der Waals surface area contributed by atoms with Gasteiger partial charge in [0.2, 0.25) is 0 Å². The van der Waals surface area contributed by atoms with Crippen LogP contribution in [0.25, 0.3) is 22.2 Å². The van der Waals surface area contributed by atoms with Crippen LogP contribution in [0.1, 0.15) is 42.5 Å². The fourth-order valence-corrected chi connectivity index (χ4v) is 5.36. The first-order valence-corrected chi connectivity index (χ1v) is 13.1. The van der Waals surface area contributed by atoms with E-state index in [4.69, 9.17) is 4.74 Å². The molecule has 8 heteroatoms. The highest BCUT2D eigenvalue weighted by atomic mass is 32.2. The third kappa shape index (κ3) is 5.20. The maximum atomic E-state index is 13.3. The third-order valence-electron chi connectivity index (χ3n) is 5.98. The standard InChI is InChI=1S/C28H30N4O3S/c1-18-29-24-11-7-21(16-25(24)30-18)20-8-12-26-22(15-20)17-32(13-14-35-26)27(33)19-5-9-23(10-6-19)36(34)31-28(2,3)4/h5-12,15-16,31H,13-14,17H2,1-4H3,(H,29,30). The third-order valence-corrected chi connectivity index (χ3v) is 7.47. The van der Waals surface area contributed by atoms with Crippen LogP contribution in [-0.4, -0.2) is 43.7 Å². The van der Waals surface area contributed by atoms with Crippen LogP contribution in [0.5, 0.6) is 5.75 Å². The number of hydrogen-bond donors (Lipinski definition) is 2. The molecule has 36 heavy (non-hydrogen) atoms. The van der Waals surface area contributed by atoms with Crippen LogP contribution < -0.4 is 9.46 Å². The first-order valence-electron chi connectivity index (χ1n) is 12.0. The van der Waals surface area contributed by atoms with Crippen molar-refractivity contribution in [3.8, 4) is 16.9 Å². The molecule has 2 heterocycles. The Kier molecular flexibility index (Phi) is 6.40. The first kappa shape index (κ1) is 24.2. The second-order valence-corrected chi connectivity index (χ2v) is 11.3. The smallest absolute Gasteiger partial charge is 0.254 e. The Morgan fingerprint density at radius 3 is 2.53 bits per heavy atom. The number of benzene rings is 3. The van der Waals surface area contributed by atoms with Crippen LogP contribution >= 0.6 is 0 Å². The van der Waals surface area contributed by atoms with Crippen molar-refractivity contribution in [1.29, 1.82) is 0 Å². The van der Waals surface area contributed by atoms with Crippen molar-refractivity contribution in [3.05, 3.63) is 77.6 Å². The maximum absolute atomic E-state index is 13.3. The second kappa shape index (κ2) is 9.52. The molecule has 1 atom stereocenters. The molecule has 7 nitrogen and oxygen atoms in total. The number of aromatic amines is 1. The highest BCUT2D eigenvalue weighted by molar-refractivity contribution is 7.83. The number of nitrogens with one attached hydrogen (secondary N) is 2. The molecule has 1 aromatic heterocycles. The topological polar surface area (TPSA) is 87.3 Å². The molecule has 5 rings (SSSR count). The molecule has 0 bridgehead atoms. The maximum Gasteiger partial charge on any atom is 0.254 e. The molecule has 0 saturated heterocycles. The van der Waals surface area contributed by atoms with Gasteiger partial charge in [0.15, 0.2) is 0 Å². The van der Waals surface area contributed by atoms with Crippen molar-refractivity contribution in [2.75, 3.05) is 13.2 Å². The molecule has 186 valence electrons. The number of rotatable bonds is 4. The van der Waals surface area contributed by atoms with Crippen molar-refractivity contribution < 1.29 is 13.7 Å². The Hall–Kier alpha value is -3.49. The van der Waals surface area contributed by atoms with Crippen LogP contribution in [0, 0.1) is 6.92 Å². The second-order valence-electron chi connectivity index (χ2n) is 10.1. The van der Waals surface area contributed by atoms with Crippen molar-refractivity contribution in [1.82, 2.24) is 19.6 Å². The highest BCUT2D eigenvalue weighted by Gasteiger charge is 2.22. The van der Waals surface area contributed by atoms with Crippen LogP contribution in [-0.2, 0) is 17.5 Å². The molecule has 0 aliphatic carbocycles. The van der Waals surface area contributed by atoms with Crippen LogP contribution in [0.2, 0.25) is 0 Å². The van der Waals surface area contributed by atoms with E-state index in [1.807, 2.05) is 45.9 Å². The van der Waals surface area contributed by atoms with Gasteiger partial charge < -0.3 is 14.6 Å². The molecule has 4 aromatic rings. The van der Waals surface area contributed by atoms with Gasteiger partial charge in [-0.3, -0.25) is 4.79 Å². The summed E-state index contributed by atoms with van der Waals surface area (Å²) in [6, 6.07) is 19.3. The number of carbonyl (C=O) groups is 1. The van der Waals surface area contributed by atoms with Gasteiger partial charge in [-0.25, -0.2) is 13.9 Å². The van der Waals surface area contributed by atoms with E-state index < -0.39 is 11.0 Å². The Bertz CT molecular complexity index is 1450. The minimum absolute atomic E-state index is 0.0766. The number of aromatic nitrogens is 2. The monoisotopic (exact) mass is 502 g/mol. The summed E-state index contributed by atoms with van der Waals surface area (Å²) in [7, 11) is -1.34. The Balaban J connectivity index is 1.36. The molecule has 1 aliphatic rings. The number of fused-ring (bicyclic) bond motifs is 2. The summed E-state index contributed by atoms with van der Waals surface area (Å²) < 4.78 is 21.5. The number of ether oxygens (including phenoxy) is 1. The molecule has 0 fully saturated rings. The summed E-state index contributed by atoms with van der Waals surface area (Å²) in [5, 5.41) is 0. The summed E-state index contributed by atoms with van der Waals surface area (Å²) >= 11 is 0. The molecule has 1 amide bonds. The van der Waals surface area contributed by atoms with Gasteiger partial charge >= 0.3 is 0 Å². The average Bonchev–Trinajstić information content (AvgIpc) is 3.08. The number of aryl methyl sites for hydroxylation is 1. The minimum atomic E-state index is -1.34. The fourth-order valence-electron chi connectivity index (χ4n) is 4.30. The van der Waals surface area contributed by atoms with Gasteiger partial charge in [0.05, 0.1) is 22.5 Å². The molecule has 0 radical (unpaired) electrons. The van der Waals surface area contributed by atoms with E-state index in [1.165, 1.54) is 0 Å². The Morgan fingerprint density at radius 2 is 1.78 bits per heavy atom. The van der Waals surface area contributed by atoms with E-state index in [0.717, 1.165) is 39.3 Å². The molecule has 0 spiro atoms. The predicted molar refractivity (Wildman–Crippen MR) is 142 cm³/mol. The molecule has 2 N–H and O–H groups in total. The van der Waals surface area contributed by atoms with Crippen LogP contribution in [0.3, 0.4) is 0 Å². The summed E-state index contributed by atoms with van der Waals surface area (Å²) in [4.78, 5) is 23.6. The molecule has 3 aromatic carbocycles. The largest absolute Gasteiger partial charge is 0.491 e. The van der Waals surface area contributed by atoms with E-state index in [0.29, 0.717) is 30.2 Å². The highest BCUT2D eigenvalue weighted by Crippen LogP contribution is 2.31. The van der Waals surface area contributed by atoms with E-state index in [1.54, 1.807) is 29.2 Å². The van der Waals surface area contributed by atoms with Crippen molar-refractivity contribution >= 4 is 27.9 Å². The number of carbonyl (C=O) groups excluding carboxylic acids is 1. The number of nitrogens with zero attached hydrogens (tertiary/aromatic N) is 2. The van der Waals surface area contributed by atoms with Crippen molar-refractivity contribution in [2.24, 2.45) is 0 Å². The number of imidazole rings is 1. The lowest BCUT2D eigenvalue weighted by Crippen LogP contribution is -2.37. The lowest BCUT2D eigenvalue weighted by molar-refractivity contribution is 0.0733. The quantitative estimate of drug-likeness (QED) is 0.412. The van der Waals surface area contributed by atoms with Gasteiger partial charge in [0.1, 0.15) is 29.2 Å². The van der Waals surface area contributed by atoms with Crippen LogP contribution in [0.4, 0.5) is 0 Å². The van der Waals surface area contributed by atoms with E-state index >= 15 is 0 Å². The number of hydrogen-bond acceptors (Lipinski definition) is 4. The van der Waals surface area contributed by atoms with E-state index in [-0.39, 0.29) is 11.4 Å². The molecule has 0 saturated carbocycles. The van der Waals surface area contributed by atoms with E-state index in [2.05, 4.69) is 32.9 Å². The van der Waals surface area contributed by atoms with Gasteiger partial charge in [-0.15, -0.1) is 0 Å². The molecule has 1 unspecified atom stereocenters. The zero-order chi connectivity index (χ0) is 25.4. The summed E-state index contributed by atoms with van der Waals surface area (Å²) in [6.45, 7) is 9.20. The summed E-state index contributed by atoms with van der Waals surface area (Å²) in [5.74, 6) is 1.61. The van der Waals surface area contributed by atoms with Crippen LogP contribution in [0.15, 0.2) is 65.6 Å². The zero-order valence-electron chi connectivity index (χ0n) is 20.9. The van der Waals surface area contributed by atoms with Gasteiger partial charge in [-0.1, -0.05) is 12.1 Å². The number of H-pyrrole nitrogens is 1. The zero-order valence-corrected chi connectivity index (χ0v) is 21.7. The SMILES string of the molecule is Cc1nc2ccc(-c3ccc4c(c3)CN(C(=O)c3ccc(S(=O)NC(C)(C)C)cc3)CCO4)cc2[nH]1.